The molecule has 0 bridgehead atoms. The van der Waals surface area contributed by atoms with Gasteiger partial charge in [0.25, 0.3) is 0 Å². The van der Waals surface area contributed by atoms with Crippen LogP contribution in [0.1, 0.15) is 30.5 Å². The third kappa shape index (κ3) is 3.10. The van der Waals surface area contributed by atoms with Gasteiger partial charge >= 0.3 is 0 Å². The van der Waals surface area contributed by atoms with Crippen molar-refractivity contribution < 1.29 is 0 Å². The molecular weight excluding hydrogens is 228 g/mol. The lowest BCUT2D eigenvalue weighted by Gasteiger charge is -2.20. The van der Waals surface area contributed by atoms with Crippen molar-refractivity contribution in [3.8, 4) is 0 Å². The van der Waals surface area contributed by atoms with E-state index in [0.29, 0.717) is 0 Å². The van der Waals surface area contributed by atoms with E-state index < -0.39 is 0 Å². The molecule has 1 heteroatoms. The Bertz CT molecular complexity index is 480. The number of alkyl halides is 1. The predicted molar refractivity (Wildman–Crippen MR) is 74.6 cm³/mol. The fourth-order valence-electron chi connectivity index (χ4n) is 2.07. The number of hydrogen-bond acceptors (Lipinski definition) is 0. The Balaban J connectivity index is 2.34. The number of halogens is 1. The average Bonchev–Trinajstić information content (AvgIpc) is 2.30. The molecule has 88 valence electrons. The monoisotopic (exact) mass is 244 g/mol. The van der Waals surface area contributed by atoms with Crippen molar-refractivity contribution in [2.24, 2.45) is 0 Å². The van der Waals surface area contributed by atoms with Crippen molar-refractivity contribution in [1.82, 2.24) is 0 Å². The molecule has 0 unspecified atom stereocenters. The molecule has 0 fully saturated rings. The Labute approximate surface area is 108 Å². The van der Waals surface area contributed by atoms with Crippen LogP contribution in [0.4, 0.5) is 0 Å². The summed E-state index contributed by atoms with van der Waals surface area (Å²) in [7, 11) is 0. The Morgan fingerprint density at radius 1 is 0.882 bits per heavy atom. The minimum absolute atomic E-state index is 0.314. The van der Waals surface area contributed by atoms with Gasteiger partial charge in [0.05, 0.1) is 4.87 Å². The zero-order chi connectivity index (χ0) is 12.3. The van der Waals surface area contributed by atoms with Crippen LogP contribution < -0.4 is 0 Å². The van der Waals surface area contributed by atoms with E-state index in [-0.39, 0.29) is 4.87 Å². The van der Waals surface area contributed by atoms with Crippen molar-refractivity contribution in [3.05, 3.63) is 71.3 Å². The second kappa shape index (κ2) is 4.93. The first-order chi connectivity index (χ1) is 8.07. The molecule has 0 aliphatic carbocycles. The Morgan fingerprint density at radius 2 is 1.47 bits per heavy atom. The van der Waals surface area contributed by atoms with Crippen LogP contribution in [0.3, 0.4) is 0 Å². The molecule has 0 spiro atoms. The summed E-state index contributed by atoms with van der Waals surface area (Å²) >= 11 is 6.43. The van der Waals surface area contributed by atoms with Gasteiger partial charge in [0.1, 0.15) is 0 Å². The van der Waals surface area contributed by atoms with Crippen LogP contribution in [0.2, 0.25) is 0 Å². The molecule has 0 amide bonds. The highest BCUT2D eigenvalue weighted by Gasteiger charge is 2.19. The van der Waals surface area contributed by atoms with Crippen molar-refractivity contribution in [3.63, 3.8) is 0 Å². The molecule has 0 aliphatic rings. The van der Waals surface area contributed by atoms with Gasteiger partial charge in [-0.05, 0) is 37.0 Å². The zero-order valence-electron chi connectivity index (χ0n) is 10.3. The maximum absolute atomic E-state index is 6.43. The van der Waals surface area contributed by atoms with E-state index in [0.717, 1.165) is 6.42 Å². The minimum atomic E-state index is -0.314. The third-order valence-corrected chi connectivity index (χ3v) is 3.10. The third-order valence-electron chi connectivity index (χ3n) is 2.90. The summed E-state index contributed by atoms with van der Waals surface area (Å²) in [5, 5.41) is 0. The van der Waals surface area contributed by atoms with Gasteiger partial charge in [-0.25, -0.2) is 0 Å². The molecule has 17 heavy (non-hydrogen) atoms. The lowest BCUT2D eigenvalue weighted by molar-refractivity contribution is 0.754. The van der Waals surface area contributed by atoms with Gasteiger partial charge in [0.2, 0.25) is 0 Å². The molecule has 2 aromatic carbocycles. The van der Waals surface area contributed by atoms with Crippen LogP contribution in [0.15, 0.2) is 54.6 Å². The SMILES string of the molecule is CC(C)(Cl)c1ccccc1Cc1ccccc1. The molecule has 2 aromatic rings. The van der Waals surface area contributed by atoms with E-state index in [1.54, 1.807) is 0 Å². The Kier molecular flexibility index (Phi) is 3.54. The maximum atomic E-state index is 6.43. The normalized spacial score (nSPS) is 11.5. The van der Waals surface area contributed by atoms with Crippen LogP contribution in [-0.2, 0) is 11.3 Å². The first kappa shape index (κ1) is 12.2. The number of benzene rings is 2. The van der Waals surface area contributed by atoms with Crippen molar-refractivity contribution >= 4 is 11.6 Å². The van der Waals surface area contributed by atoms with Gasteiger partial charge in [0, 0.05) is 0 Å². The fraction of sp³-hybridized carbons (Fsp3) is 0.250. The Morgan fingerprint density at radius 3 is 2.12 bits per heavy atom. The topological polar surface area (TPSA) is 0 Å². The van der Waals surface area contributed by atoms with Crippen molar-refractivity contribution in [2.75, 3.05) is 0 Å². The van der Waals surface area contributed by atoms with Crippen LogP contribution in [0.25, 0.3) is 0 Å². The first-order valence-corrected chi connectivity index (χ1v) is 6.26. The van der Waals surface area contributed by atoms with E-state index in [1.807, 2.05) is 26.0 Å². The van der Waals surface area contributed by atoms with Crippen LogP contribution >= 0.6 is 11.6 Å². The summed E-state index contributed by atoms with van der Waals surface area (Å²) in [6.07, 6.45) is 0.938. The predicted octanol–water partition coefficient (Wildman–Crippen LogP) is 4.75. The quantitative estimate of drug-likeness (QED) is 0.684. The molecule has 0 N–H and O–H groups in total. The molecule has 0 heterocycles. The average molecular weight is 245 g/mol. The van der Waals surface area contributed by atoms with E-state index >= 15 is 0 Å². The minimum Gasteiger partial charge on any atom is -0.115 e. The molecule has 0 saturated carbocycles. The Hall–Kier alpha value is -1.27. The second-order valence-electron chi connectivity index (χ2n) is 4.79. The summed E-state index contributed by atoms with van der Waals surface area (Å²) in [6, 6.07) is 18.9. The standard InChI is InChI=1S/C16H17Cl/c1-16(2,17)15-11-7-6-10-14(15)12-13-8-4-3-5-9-13/h3-11H,12H2,1-2H3. The molecule has 0 nitrogen and oxygen atoms in total. The molecule has 0 radical (unpaired) electrons. The molecule has 0 aromatic heterocycles. The van der Waals surface area contributed by atoms with E-state index in [4.69, 9.17) is 11.6 Å². The molecular formula is C16H17Cl. The van der Waals surface area contributed by atoms with Gasteiger partial charge < -0.3 is 0 Å². The lowest BCUT2D eigenvalue weighted by Crippen LogP contribution is -2.11. The number of hydrogen-bond donors (Lipinski definition) is 0. The van der Waals surface area contributed by atoms with Gasteiger partial charge in [-0.15, -0.1) is 11.6 Å². The summed E-state index contributed by atoms with van der Waals surface area (Å²) in [4.78, 5) is -0.314. The molecule has 0 saturated heterocycles. The van der Waals surface area contributed by atoms with E-state index in [2.05, 4.69) is 42.5 Å². The van der Waals surface area contributed by atoms with E-state index in [1.165, 1.54) is 16.7 Å². The summed E-state index contributed by atoms with van der Waals surface area (Å²) in [5.74, 6) is 0. The largest absolute Gasteiger partial charge is 0.115 e. The summed E-state index contributed by atoms with van der Waals surface area (Å²) < 4.78 is 0. The first-order valence-electron chi connectivity index (χ1n) is 5.88. The lowest BCUT2D eigenvalue weighted by atomic mass is 9.92. The molecule has 0 aliphatic heterocycles. The highest BCUT2D eigenvalue weighted by Crippen LogP contribution is 2.31. The highest BCUT2D eigenvalue weighted by atomic mass is 35.5. The van der Waals surface area contributed by atoms with Crippen molar-refractivity contribution in [1.29, 1.82) is 0 Å². The van der Waals surface area contributed by atoms with Gasteiger partial charge in [-0.3, -0.25) is 0 Å². The van der Waals surface area contributed by atoms with Crippen LogP contribution in [0.5, 0.6) is 0 Å². The van der Waals surface area contributed by atoms with Crippen molar-refractivity contribution in [2.45, 2.75) is 25.1 Å². The summed E-state index contributed by atoms with van der Waals surface area (Å²) in [5.41, 5.74) is 3.84. The van der Waals surface area contributed by atoms with Crippen LogP contribution in [-0.4, -0.2) is 0 Å². The fourth-order valence-corrected chi connectivity index (χ4v) is 2.25. The smallest absolute Gasteiger partial charge is 0.0641 e. The second-order valence-corrected chi connectivity index (χ2v) is 5.74. The highest BCUT2D eigenvalue weighted by molar-refractivity contribution is 6.23. The van der Waals surface area contributed by atoms with Crippen LogP contribution in [0, 0.1) is 0 Å². The maximum Gasteiger partial charge on any atom is 0.0641 e. The zero-order valence-corrected chi connectivity index (χ0v) is 11.0. The molecule has 0 atom stereocenters. The molecule has 2 rings (SSSR count). The van der Waals surface area contributed by atoms with Gasteiger partial charge in [0.15, 0.2) is 0 Å². The summed E-state index contributed by atoms with van der Waals surface area (Å²) in [6.45, 7) is 4.08. The van der Waals surface area contributed by atoms with Gasteiger partial charge in [-0.2, -0.15) is 0 Å². The van der Waals surface area contributed by atoms with E-state index in [9.17, 15) is 0 Å². The van der Waals surface area contributed by atoms with Gasteiger partial charge in [-0.1, -0.05) is 54.6 Å². The number of rotatable bonds is 3.